The first kappa shape index (κ1) is 23.5. The van der Waals surface area contributed by atoms with Crippen LogP contribution in [0.15, 0.2) is 155 Å². The van der Waals surface area contributed by atoms with Gasteiger partial charge in [-0.25, -0.2) is 0 Å². The molecule has 0 amide bonds. The highest BCUT2D eigenvalue weighted by Gasteiger charge is 2.20. The summed E-state index contributed by atoms with van der Waals surface area (Å²) < 4.78 is 0. The van der Waals surface area contributed by atoms with Crippen LogP contribution in [0.3, 0.4) is 0 Å². The Labute approximate surface area is 253 Å². The zero-order valence-electron chi connectivity index (χ0n) is 23.3. The van der Waals surface area contributed by atoms with Crippen molar-refractivity contribution in [3.05, 3.63) is 146 Å². The normalized spacial score (nSPS) is 12.6. The zero-order chi connectivity index (χ0) is 28.1. The molecule has 9 aromatic rings. The molecule has 1 aliphatic heterocycles. The molecule has 1 heterocycles. The molecule has 0 nitrogen and oxygen atoms in total. The lowest BCUT2D eigenvalue weighted by Gasteiger charge is -2.21. The topological polar surface area (TPSA) is 0 Å². The van der Waals surface area contributed by atoms with Crippen LogP contribution in [0.25, 0.3) is 87.2 Å². The van der Waals surface area contributed by atoms with E-state index in [1.54, 1.807) is 0 Å². The SMILES string of the molecule is c1ccc2c(-c3ccc4ccc5cccc6ccc3c4c56)cc(-c3ccc4c(c3)-c3cccc5cccc(c35)S4)cc2c1. The molecule has 0 aromatic heterocycles. The summed E-state index contributed by atoms with van der Waals surface area (Å²) in [5, 5.41) is 13.2. The molecule has 0 fully saturated rings. The van der Waals surface area contributed by atoms with Gasteiger partial charge in [0.1, 0.15) is 0 Å². The molecule has 0 radical (unpaired) electrons. The van der Waals surface area contributed by atoms with Crippen LogP contribution >= 0.6 is 11.8 Å². The molecule has 0 spiro atoms. The standard InChI is InChI=1S/C42H24S/c1-2-11-32-30(6-1)22-31(29-18-21-38-37(23-29)34-12-4-9-25-10-5-13-39(43-38)41(25)34)24-36(32)33-19-16-28-15-14-26-7-3-8-27-17-20-35(33)42(28)40(26)27/h1-24H. The minimum atomic E-state index is 1.25. The van der Waals surface area contributed by atoms with Crippen molar-refractivity contribution in [1.29, 1.82) is 0 Å². The van der Waals surface area contributed by atoms with Crippen LogP contribution in [-0.2, 0) is 0 Å². The van der Waals surface area contributed by atoms with Crippen LogP contribution in [0, 0.1) is 0 Å². The van der Waals surface area contributed by atoms with Gasteiger partial charge >= 0.3 is 0 Å². The van der Waals surface area contributed by atoms with Gasteiger partial charge in [0.05, 0.1) is 0 Å². The van der Waals surface area contributed by atoms with Crippen molar-refractivity contribution in [1.82, 2.24) is 0 Å². The molecule has 0 saturated carbocycles. The predicted octanol–water partition coefficient (Wildman–Crippen LogP) is 12.4. The van der Waals surface area contributed by atoms with Gasteiger partial charge in [-0.15, -0.1) is 0 Å². The fraction of sp³-hybridized carbons (Fsp3) is 0. The summed E-state index contributed by atoms with van der Waals surface area (Å²) in [6, 6.07) is 54.4. The molecule has 0 aliphatic carbocycles. The molecule has 0 atom stereocenters. The second-order valence-electron chi connectivity index (χ2n) is 11.7. The first-order chi connectivity index (χ1) is 21.3. The molecule has 198 valence electrons. The largest absolute Gasteiger partial charge is 0.0888 e. The third-order valence-electron chi connectivity index (χ3n) is 9.37. The van der Waals surface area contributed by atoms with Crippen LogP contribution in [-0.4, -0.2) is 0 Å². The van der Waals surface area contributed by atoms with Gasteiger partial charge < -0.3 is 0 Å². The number of rotatable bonds is 2. The van der Waals surface area contributed by atoms with E-state index >= 15 is 0 Å². The van der Waals surface area contributed by atoms with Crippen LogP contribution in [0.1, 0.15) is 0 Å². The molecule has 43 heavy (non-hydrogen) atoms. The molecule has 1 heteroatoms. The molecule has 0 N–H and O–H groups in total. The maximum absolute atomic E-state index is 2.42. The summed E-state index contributed by atoms with van der Waals surface area (Å²) in [4.78, 5) is 2.66. The summed E-state index contributed by atoms with van der Waals surface area (Å²) >= 11 is 1.89. The van der Waals surface area contributed by atoms with Crippen LogP contribution in [0.4, 0.5) is 0 Å². The van der Waals surface area contributed by atoms with Crippen LogP contribution in [0.5, 0.6) is 0 Å². The fourth-order valence-corrected chi connectivity index (χ4v) is 8.54. The fourth-order valence-electron chi connectivity index (χ4n) is 7.41. The van der Waals surface area contributed by atoms with Crippen LogP contribution in [0.2, 0.25) is 0 Å². The Balaban J connectivity index is 1.23. The second-order valence-corrected chi connectivity index (χ2v) is 12.8. The lowest BCUT2D eigenvalue weighted by molar-refractivity contribution is 1.40. The first-order valence-corrected chi connectivity index (χ1v) is 15.7. The van der Waals surface area contributed by atoms with Crippen LogP contribution < -0.4 is 0 Å². The number of benzene rings is 9. The van der Waals surface area contributed by atoms with E-state index in [1.807, 2.05) is 11.8 Å². The summed E-state index contributed by atoms with van der Waals surface area (Å²) in [6.07, 6.45) is 0. The first-order valence-electron chi connectivity index (χ1n) is 14.8. The summed E-state index contributed by atoms with van der Waals surface area (Å²) in [5.41, 5.74) is 7.72. The van der Waals surface area contributed by atoms with Gasteiger partial charge in [0, 0.05) is 15.2 Å². The van der Waals surface area contributed by atoms with E-state index in [0.29, 0.717) is 0 Å². The smallest absolute Gasteiger partial charge is 0.0207 e. The lowest BCUT2D eigenvalue weighted by atomic mass is 9.87. The number of hydrogen-bond acceptors (Lipinski definition) is 1. The predicted molar refractivity (Wildman–Crippen MR) is 186 cm³/mol. The molecule has 10 rings (SSSR count). The highest BCUT2D eigenvalue weighted by atomic mass is 32.2. The van der Waals surface area contributed by atoms with Gasteiger partial charge in [0.15, 0.2) is 0 Å². The third-order valence-corrected chi connectivity index (χ3v) is 10.5. The van der Waals surface area contributed by atoms with E-state index in [-0.39, 0.29) is 0 Å². The maximum Gasteiger partial charge on any atom is 0.0207 e. The van der Waals surface area contributed by atoms with Crippen molar-refractivity contribution in [3.8, 4) is 33.4 Å². The minimum absolute atomic E-state index is 1.25. The van der Waals surface area contributed by atoms with E-state index in [1.165, 1.54) is 97.0 Å². The monoisotopic (exact) mass is 560 g/mol. The van der Waals surface area contributed by atoms with Gasteiger partial charge in [-0.1, -0.05) is 127 Å². The summed E-state index contributed by atoms with van der Waals surface area (Å²) in [5.74, 6) is 0. The molecule has 0 saturated heterocycles. The van der Waals surface area contributed by atoms with E-state index in [2.05, 4.69) is 146 Å². The molecule has 9 aromatic carbocycles. The quantitative estimate of drug-likeness (QED) is 0.190. The molecule has 0 bridgehead atoms. The Hall–Kier alpha value is -5.11. The second kappa shape index (κ2) is 8.70. The molecule has 1 aliphatic rings. The van der Waals surface area contributed by atoms with E-state index in [0.717, 1.165) is 0 Å². The van der Waals surface area contributed by atoms with E-state index in [9.17, 15) is 0 Å². The van der Waals surface area contributed by atoms with Crippen molar-refractivity contribution in [2.45, 2.75) is 9.79 Å². The average molecular weight is 561 g/mol. The Bertz CT molecular complexity index is 2570. The van der Waals surface area contributed by atoms with Gasteiger partial charge in [0.2, 0.25) is 0 Å². The molecule has 0 unspecified atom stereocenters. The van der Waals surface area contributed by atoms with Crippen molar-refractivity contribution >= 4 is 65.6 Å². The van der Waals surface area contributed by atoms with Gasteiger partial charge in [-0.05, 0) is 112 Å². The highest BCUT2D eigenvalue weighted by molar-refractivity contribution is 7.99. The van der Waals surface area contributed by atoms with Gasteiger partial charge in [-0.3, -0.25) is 0 Å². The Kier molecular flexibility index (Phi) is 4.75. The minimum Gasteiger partial charge on any atom is -0.0888 e. The van der Waals surface area contributed by atoms with Crippen molar-refractivity contribution in [2.75, 3.05) is 0 Å². The summed E-state index contributed by atoms with van der Waals surface area (Å²) in [7, 11) is 0. The Morgan fingerprint density at radius 3 is 1.86 bits per heavy atom. The molecular formula is C42H24S. The zero-order valence-corrected chi connectivity index (χ0v) is 24.1. The van der Waals surface area contributed by atoms with Gasteiger partial charge in [0.25, 0.3) is 0 Å². The summed E-state index contributed by atoms with van der Waals surface area (Å²) in [6.45, 7) is 0. The molecular weight excluding hydrogens is 537 g/mol. The van der Waals surface area contributed by atoms with E-state index < -0.39 is 0 Å². The van der Waals surface area contributed by atoms with Crippen molar-refractivity contribution in [2.24, 2.45) is 0 Å². The van der Waals surface area contributed by atoms with Crippen molar-refractivity contribution < 1.29 is 0 Å². The third kappa shape index (κ3) is 3.34. The number of fused-ring (bicyclic) bond motifs is 3. The maximum atomic E-state index is 2.42. The number of hydrogen-bond donors (Lipinski definition) is 0. The van der Waals surface area contributed by atoms with Crippen molar-refractivity contribution in [3.63, 3.8) is 0 Å². The lowest BCUT2D eigenvalue weighted by Crippen LogP contribution is -1.94. The average Bonchev–Trinajstić information content (AvgIpc) is 3.07. The van der Waals surface area contributed by atoms with E-state index in [4.69, 9.17) is 0 Å². The highest BCUT2D eigenvalue weighted by Crippen LogP contribution is 2.49. The Morgan fingerprint density at radius 2 is 0.977 bits per heavy atom. The Morgan fingerprint density at radius 1 is 0.302 bits per heavy atom. The van der Waals surface area contributed by atoms with Gasteiger partial charge in [-0.2, -0.15) is 0 Å².